The molecular formula is C23H23N3O4. The quantitative estimate of drug-likeness (QED) is 0.494. The Hall–Kier alpha value is -3.55. The maximum atomic E-state index is 12.6. The van der Waals surface area contributed by atoms with Gasteiger partial charge in [-0.3, -0.25) is 19.9 Å². The molecule has 1 heterocycles. The van der Waals surface area contributed by atoms with Crippen LogP contribution in [-0.2, 0) is 16.0 Å². The average molecular weight is 405 g/mol. The van der Waals surface area contributed by atoms with E-state index >= 15 is 0 Å². The first-order valence-corrected chi connectivity index (χ1v) is 9.34. The molecule has 0 aliphatic heterocycles. The molecule has 2 aromatic carbocycles. The van der Waals surface area contributed by atoms with Crippen LogP contribution in [0.25, 0.3) is 11.1 Å². The molecule has 2 atom stereocenters. The number of aromatic nitrogens is 1. The van der Waals surface area contributed by atoms with Gasteiger partial charge in [0.2, 0.25) is 12.3 Å². The van der Waals surface area contributed by atoms with Crippen LogP contribution in [0.1, 0.15) is 17.4 Å². The highest BCUT2D eigenvalue weighted by Gasteiger charge is 2.42. The van der Waals surface area contributed by atoms with Crippen molar-refractivity contribution in [2.24, 2.45) is 5.73 Å². The summed E-state index contributed by atoms with van der Waals surface area (Å²) >= 11 is 0. The summed E-state index contributed by atoms with van der Waals surface area (Å²) < 4.78 is 5.17. The molecule has 154 valence electrons. The van der Waals surface area contributed by atoms with Crippen LogP contribution in [0.2, 0.25) is 0 Å². The Labute approximate surface area is 174 Å². The van der Waals surface area contributed by atoms with Gasteiger partial charge < -0.3 is 15.6 Å². The molecule has 2 unspecified atom stereocenters. The summed E-state index contributed by atoms with van der Waals surface area (Å²) in [6.07, 6.45) is 0.421. The van der Waals surface area contributed by atoms with Crippen molar-refractivity contribution < 1.29 is 19.4 Å². The number of benzene rings is 2. The van der Waals surface area contributed by atoms with Crippen molar-refractivity contribution in [2.45, 2.75) is 18.1 Å². The molecule has 0 fully saturated rings. The molecule has 0 saturated heterocycles. The van der Waals surface area contributed by atoms with Gasteiger partial charge in [-0.15, -0.1) is 0 Å². The number of rotatable bonds is 8. The highest BCUT2D eigenvalue weighted by atomic mass is 16.5. The normalized spacial score (nSPS) is 13.7. The van der Waals surface area contributed by atoms with Crippen LogP contribution in [0.3, 0.4) is 0 Å². The van der Waals surface area contributed by atoms with Crippen molar-refractivity contribution in [1.82, 2.24) is 10.3 Å². The number of nitrogens with two attached hydrogens (primary N) is 1. The van der Waals surface area contributed by atoms with E-state index in [1.165, 1.54) is 0 Å². The number of aliphatic hydroxyl groups is 1. The van der Waals surface area contributed by atoms with Gasteiger partial charge in [0.25, 0.3) is 0 Å². The number of carbonyl (C=O) groups excluding carboxylic acids is 2. The van der Waals surface area contributed by atoms with Gasteiger partial charge in [-0.2, -0.15) is 0 Å². The summed E-state index contributed by atoms with van der Waals surface area (Å²) in [5, 5.41) is 13.0. The van der Waals surface area contributed by atoms with E-state index in [1.807, 2.05) is 36.4 Å². The monoisotopic (exact) mass is 405 g/mol. The van der Waals surface area contributed by atoms with Gasteiger partial charge in [0, 0.05) is 18.3 Å². The van der Waals surface area contributed by atoms with Crippen molar-refractivity contribution in [3.05, 3.63) is 84.2 Å². The molecule has 0 saturated carbocycles. The van der Waals surface area contributed by atoms with Crippen LogP contribution >= 0.6 is 0 Å². The number of carbonyl (C=O) groups is 2. The summed E-state index contributed by atoms with van der Waals surface area (Å²) in [5.41, 5.74) is 7.44. The third-order valence-corrected chi connectivity index (χ3v) is 4.95. The number of pyridine rings is 1. The Morgan fingerprint density at radius 1 is 1.13 bits per heavy atom. The van der Waals surface area contributed by atoms with Gasteiger partial charge in [0.15, 0.2) is 0 Å². The first-order chi connectivity index (χ1) is 14.5. The minimum atomic E-state index is -1.78. The molecular weight excluding hydrogens is 382 g/mol. The molecule has 1 aromatic heterocycles. The summed E-state index contributed by atoms with van der Waals surface area (Å²) in [4.78, 5) is 27.6. The van der Waals surface area contributed by atoms with E-state index in [4.69, 9.17) is 10.5 Å². The number of aliphatic hydroxyl groups excluding tert-OH is 1. The summed E-state index contributed by atoms with van der Waals surface area (Å²) in [6, 6.07) is 19.9. The molecule has 0 spiro atoms. The fourth-order valence-electron chi connectivity index (χ4n) is 3.23. The number of methoxy groups -OCH3 is 1. The van der Waals surface area contributed by atoms with E-state index in [1.54, 1.807) is 43.6 Å². The molecule has 3 aromatic rings. The van der Waals surface area contributed by atoms with Gasteiger partial charge in [-0.1, -0.05) is 42.5 Å². The van der Waals surface area contributed by atoms with Crippen LogP contribution in [0.15, 0.2) is 72.9 Å². The number of hydrogen-bond donors (Lipinski definition) is 3. The van der Waals surface area contributed by atoms with Crippen LogP contribution < -0.4 is 15.8 Å². The van der Waals surface area contributed by atoms with Gasteiger partial charge in [-0.05, 0) is 41.0 Å². The second-order valence-corrected chi connectivity index (χ2v) is 6.88. The minimum Gasteiger partial charge on any atom is -0.497 e. The largest absolute Gasteiger partial charge is 0.497 e. The Balaban J connectivity index is 1.88. The van der Waals surface area contributed by atoms with Gasteiger partial charge >= 0.3 is 0 Å². The summed E-state index contributed by atoms with van der Waals surface area (Å²) in [6.45, 7) is 0. The number of ether oxygens (including phenoxy) is 1. The van der Waals surface area contributed by atoms with Crippen LogP contribution in [0, 0.1) is 0 Å². The SMILES string of the molecule is COc1ccc(-c2ccc(C(O)C(N)(Cc3ccccn3)C(=O)NC=O)cc2)cc1. The topological polar surface area (TPSA) is 115 Å². The second kappa shape index (κ2) is 9.30. The summed E-state index contributed by atoms with van der Waals surface area (Å²) in [5.74, 6) is -0.0238. The standard InChI is InChI=1S/C23H23N3O4/c1-30-20-11-9-17(10-12-20)16-5-7-18(8-6-16)21(28)23(24,22(29)26-15-27)14-19-4-2-3-13-25-19/h2-13,15,21,28H,14,24H2,1H3,(H,26,27,29). The third kappa shape index (κ3) is 4.53. The van der Waals surface area contributed by atoms with Crippen molar-refractivity contribution in [3.63, 3.8) is 0 Å². The van der Waals surface area contributed by atoms with Crippen molar-refractivity contribution >= 4 is 12.3 Å². The number of amides is 2. The molecule has 2 amide bonds. The van der Waals surface area contributed by atoms with Gasteiger partial charge in [0.05, 0.1) is 7.11 Å². The Morgan fingerprint density at radius 3 is 2.30 bits per heavy atom. The van der Waals surface area contributed by atoms with E-state index in [-0.39, 0.29) is 12.8 Å². The van der Waals surface area contributed by atoms with Crippen LogP contribution in [-0.4, -0.2) is 35.1 Å². The van der Waals surface area contributed by atoms with Crippen molar-refractivity contribution in [3.8, 4) is 16.9 Å². The zero-order chi connectivity index (χ0) is 21.6. The van der Waals surface area contributed by atoms with Gasteiger partial charge in [-0.25, -0.2) is 0 Å². The lowest BCUT2D eigenvalue weighted by atomic mass is 9.83. The molecule has 0 radical (unpaired) electrons. The number of nitrogens with one attached hydrogen (secondary N) is 1. The fraction of sp³-hybridized carbons (Fsp3) is 0.174. The van der Waals surface area contributed by atoms with Crippen LogP contribution in [0.5, 0.6) is 5.75 Å². The average Bonchev–Trinajstić information content (AvgIpc) is 2.79. The first kappa shape index (κ1) is 21.2. The predicted molar refractivity (Wildman–Crippen MR) is 112 cm³/mol. The molecule has 30 heavy (non-hydrogen) atoms. The zero-order valence-electron chi connectivity index (χ0n) is 16.5. The third-order valence-electron chi connectivity index (χ3n) is 4.95. The maximum absolute atomic E-state index is 12.6. The highest BCUT2D eigenvalue weighted by Crippen LogP contribution is 2.30. The fourth-order valence-corrected chi connectivity index (χ4v) is 3.23. The van der Waals surface area contributed by atoms with E-state index < -0.39 is 17.6 Å². The van der Waals surface area contributed by atoms with Gasteiger partial charge in [0.1, 0.15) is 17.4 Å². The molecule has 4 N–H and O–H groups in total. The lowest BCUT2D eigenvalue weighted by molar-refractivity contribution is -0.133. The maximum Gasteiger partial charge on any atom is 0.249 e. The molecule has 7 nitrogen and oxygen atoms in total. The van der Waals surface area contributed by atoms with E-state index in [0.717, 1.165) is 16.9 Å². The number of nitrogens with zero attached hydrogens (tertiary/aromatic N) is 1. The Kier molecular flexibility index (Phi) is 6.56. The molecule has 7 heteroatoms. The van der Waals surface area contributed by atoms with Crippen LogP contribution in [0.4, 0.5) is 0 Å². The number of hydrogen-bond acceptors (Lipinski definition) is 6. The lowest BCUT2D eigenvalue weighted by Gasteiger charge is -2.32. The smallest absolute Gasteiger partial charge is 0.249 e. The minimum absolute atomic E-state index is 0.0467. The van der Waals surface area contributed by atoms with Crippen molar-refractivity contribution in [2.75, 3.05) is 7.11 Å². The molecule has 3 rings (SSSR count). The van der Waals surface area contributed by atoms with E-state index in [2.05, 4.69) is 10.3 Å². The molecule has 0 bridgehead atoms. The molecule has 0 aliphatic carbocycles. The van der Waals surface area contributed by atoms with E-state index in [0.29, 0.717) is 11.3 Å². The second-order valence-electron chi connectivity index (χ2n) is 6.88. The zero-order valence-corrected chi connectivity index (χ0v) is 16.5. The Morgan fingerprint density at radius 2 is 1.77 bits per heavy atom. The Bertz CT molecular complexity index is 991. The van der Waals surface area contributed by atoms with Crippen molar-refractivity contribution in [1.29, 1.82) is 0 Å². The predicted octanol–water partition coefficient (Wildman–Crippen LogP) is 2.00. The molecule has 0 aliphatic rings. The first-order valence-electron chi connectivity index (χ1n) is 9.34. The number of imide groups is 1. The lowest BCUT2D eigenvalue weighted by Crippen LogP contribution is -2.59. The van der Waals surface area contributed by atoms with E-state index in [9.17, 15) is 14.7 Å². The summed E-state index contributed by atoms with van der Waals surface area (Å²) in [7, 11) is 1.61. The highest BCUT2D eigenvalue weighted by molar-refractivity contribution is 5.94.